The maximum Gasteiger partial charge on any atom is 0.0846 e. The van der Waals surface area contributed by atoms with Gasteiger partial charge >= 0.3 is 0 Å². The van der Waals surface area contributed by atoms with Crippen LogP contribution in [0.2, 0.25) is 0 Å². The second kappa shape index (κ2) is 5.24. The Morgan fingerprint density at radius 2 is 1.53 bits per heavy atom. The number of benzene rings is 2. The van der Waals surface area contributed by atoms with Crippen LogP contribution in [0.15, 0.2) is 46.9 Å². The average molecular weight is 310 g/mol. The Balaban J connectivity index is 2.36. The molecular formula is C15H14BrCl. The van der Waals surface area contributed by atoms with Crippen LogP contribution in [-0.4, -0.2) is 0 Å². The number of alkyl halides is 1. The molecule has 2 aromatic rings. The second-order valence-electron chi connectivity index (χ2n) is 4.30. The molecule has 0 bridgehead atoms. The zero-order valence-electron chi connectivity index (χ0n) is 9.87. The molecule has 2 heteroatoms. The van der Waals surface area contributed by atoms with Crippen LogP contribution in [0.4, 0.5) is 0 Å². The summed E-state index contributed by atoms with van der Waals surface area (Å²) in [6.07, 6.45) is 0. The van der Waals surface area contributed by atoms with Crippen LogP contribution in [0.25, 0.3) is 0 Å². The molecule has 0 saturated carbocycles. The van der Waals surface area contributed by atoms with Crippen molar-refractivity contribution in [2.45, 2.75) is 19.2 Å². The lowest BCUT2D eigenvalue weighted by Gasteiger charge is -2.13. The lowest BCUT2D eigenvalue weighted by Crippen LogP contribution is -1.95. The summed E-state index contributed by atoms with van der Waals surface area (Å²) >= 11 is 10.1. The average Bonchev–Trinajstić information content (AvgIpc) is 2.29. The molecule has 1 unspecified atom stereocenters. The number of aryl methyl sites for hydroxylation is 2. The lowest BCUT2D eigenvalue weighted by molar-refractivity contribution is 1.12. The van der Waals surface area contributed by atoms with Crippen LogP contribution in [0, 0.1) is 13.8 Å². The van der Waals surface area contributed by atoms with Crippen molar-refractivity contribution in [3.05, 3.63) is 69.2 Å². The Bertz CT molecular complexity index is 517. The standard InChI is InChI=1S/C15H14BrCl/c1-10-3-6-12(7-4-10)15(17)13-8-5-11(2)9-14(13)16/h3-9,15H,1-2H3. The Kier molecular flexibility index (Phi) is 3.90. The van der Waals surface area contributed by atoms with Crippen LogP contribution < -0.4 is 0 Å². The number of hydrogen-bond donors (Lipinski definition) is 0. The summed E-state index contributed by atoms with van der Waals surface area (Å²) in [7, 11) is 0. The van der Waals surface area contributed by atoms with E-state index in [-0.39, 0.29) is 5.38 Å². The minimum Gasteiger partial charge on any atom is -0.113 e. The van der Waals surface area contributed by atoms with Crippen molar-refractivity contribution in [2.75, 3.05) is 0 Å². The molecule has 0 aromatic heterocycles. The van der Waals surface area contributed by atoms with Crippen molar-refractivity contribution in [3.63, 3.8) is 0 Å². The summed E-state index contributed by atoms with van der Waals surface area (Å²) in [5.41, 5.74) is 4.72. The molecule has 2 aromatic carbocycles. The van der Waals surface area contributed by atoms with Gasteiger partial charge < -0.3 is 0 Å². The molecule has 0 N–H and O–H groups in total. The van der Waals surface area contributed by atoms with Crippen LogP contribution in [-0.2, 0) is 0 Å². The highest BCUT2D eigenvalue weighted by Gasteiger charge is 2.13. The zero-order chi connectivity index (χ0) is 12.4. The van der Waals surface area contributed by atoms with Crippen molar-refractivity contribution >= 4 is 27.5 Å². The number of halogens is 2. The predicted molar refractivity (Wildman–Crippen MR) is 77.8 cm³/mol. The van der Waals surface area contributed by atoms with Gasteiger partial charge in [-0.25, -0.2) is 0 Å². The quantitative estimate of drug-likeness (QED) is 0.652. The molecule has 0 saturated heterocycles. The SMILES string of the molecule is Cc1ccc(C(Cl)c2ccc(C)cc2Br)cc1. The molecule has 0 nitrogen and oxygen atoms in total. The van der Waals surface area contributed by atoms with Gasteiger partial charge in [0.1, 0.15) is 0 Å². The maximum absolute atomic E-state index is 6.51. The Morgan fingerprint density at radius 3 is 2.12 bits per heavy atom. The van der Waals surface area contributed by atoms with Gasteiger partial charge in [0.2, 0.25) is 0 Å². The third kappa shape index (κ3) is 2.91. The summed E-state index contributed by atoms with van der Waals surface area (Å²) < 4.78 is 1.07. The van der Waals surface area contributed by atoms with E-state index in [1.165, 1.54) is 11.1 Å². The van der Waals surface area contributed by atoms with E-state index in [4.69, 9.17) is 11.6 Å². The summed E-state index contributed by atoms with van der Waals surface area (Å²) in [6, 6.07) is 14.6. The molecule has 0 aliphatic carbocycles. The number of rotatable bonds is 2. The third-order valence-corrected chi connectivity index (χ3v) is 3.97. The highest BCUT2D eigenvalue weighted by molar-refractivity contribution is 9.10. The second-order valence-corrected chi connectivity index (χ2v) is 5.59. The molecule has 0 amide bonds. The minimum atomic E-state index is -0.106. The topological polar surface area (TPSA) is 0 Å². The molecule has 0 spiro atoms. The molecular weight excluding hydrogens is 296 g/mol. The minimum absolute atomic E-state index is 0.106. The summed E-state index contributed by atoms with van der Waals surface area (Å²) in [5.74, 6) is 0. The smallest absolute Gasteiger partial charge is 0.0846 e. The molecule has 1 atom stereocenters. The lowest BCUT2D eigenvalue weighted by atomic mass is 10.0. The normalized spacial score (nSPS) is 12.5. The van der Waals surface area contributed by atoms with Gasteiger partial charge in [0.25, 0.3) is 0 Å². The highest BCUT2D eigenvalue weighted by atomic mass is 79.9. The fraction of sp³-hybridized carbons (Fsp3) is 0.200. The van der Waals surface area contributed by atoms with Gasteiger partial charge in [-0.2, -0.15) is 0 Å². The van der Waals surface area contributed by atoms with Gasteiger partial charge in [-0.3, -0.25) is 0 Å². The van der Waals surface area contributed by atoms with Crippen LogP contribution in [0.1, 0.15) is 27.6 Å². The summed E-state index contributed by atoms with van der Waals surface area (Å²) in [6.45, 7) is 4.15. The van der Waals surface area contributed by atoms with Gasteiger partial charge in [0.15, 0.2) is 0 Å². The van der Waals surface area contributed by atoms with Gasteiger partial charge in [-0.1, -0.05) is 57.9 Å². The highest BCUT2D eigenvalue weighted by Crippen LogP contribution is 2.34. The fourth-order valence-corrected chi connectivity index (χ4v) is 2.94. The predicted octanol–water partition coefficient (Wildman–Crippen LogP) is 5.39. The van der Waals surface area contributed by atoms with E-state index >= 15 is 0 Å². The molecule has 0 heterocycles. The molecule has 88 valence electrons. The molecule has 0 fully saturated rings. The first-order valence-corrected chi connectivity index (χ1v) is 6.77. The maximum atomic E-state index is 6.51. The Hall–Kier alpha value is -0.790. The van der Waals surface area contributed by atoms with Gasteiger partial charge in [0, 0.05) is 4.47 Å². The first-order valence-electron chi connectivity index (χ1n) is 5.54. The van der Waals surface area contributed by atoms with Gasteiger partial charge in [-0.05, 0) is 36.6 Å². The van der Waals surface area contributed by atoms with Crippen molar-refractivity contribution in [1.82, 2.24) is 0 Å². The summed E-state index contributed by atoms with van der Waals surface area (Å²) in [5, 5.41) is -0.106. The Labute approximate surface area is 116 Å². The molecule has 0 aliphatic heterocycles. The summed E-state index contributed by atoms with van der Waals surface area (Å²) in [4.78, 5) is 0. The van der Waals surface area contributed by atoms with E-state index < -0.39 is 0 Å². The first-order chi connectivity index (χ1) is 8.08. The van der Waals surface area contributed by atoms with E-state index in [1.54, 1.807) is 0 Å². The van der Waals surface area contributed by atoms with Crippen LogP contribution in [0.3, 0.4) is 0 Å². The van der Waals surface area contributed by atoms with E-state index in [9.17, 15) is 0 Å². The molecule has 17 heavy (non-hydrogen) atoms. The van der Waals surface area contributed by atoms with E-state index in [0.29, 0.717) is 0 Å². The number of hydrogen-bond acceptors (Lipinski definition) is 0. The largest absolute Gasteiger partial charge is 0.113 e. The Morgan fingerprint density at radius 1 is 0.941 bits per heavy atom. The van der Waals surface area contributed by atoms with Crippen LogP contribution in [0.5, 0.6) is 0 Å². The van der Waals surface area contributed by atoms with Crippen LogP contribution >= 0.6 is 27.5 Å². The monoisotopic (exact) mass is 308 g/mol. The van der Waals surface area contributed by atoms with E-state index in [2.05, 4.69) is 72.2 Å². The van der Waals surface area contributed by atoms with E-state index in [0.717, 1.165) is 15.6 Å². The molecule has 0 radical (unpaired) electrons. The van der Waals surface area contributed by atoms with Crippen molar-refractivity contribution in [1.29, 1.82) is 0 Å². The van der Waals surface area contributed by atoms with Crippen molar-refractivity contribution in [3.8, 4) is 0 Å². The van der Waals surface area contributed by atoms with E-state index in [1.807, 2.05) is 0 Å². The van der Waals surface area contributed by atoms with Crippen molar-refractivity contribution in [2.24, 2.45) is 0 Å². The zero-order valence-corrected chi connectivity index (χ0v) is 12.2. The fourth-order valence-electron chi connectivity index (χ4n) is 1.75. The third-order valence-electron chi connectivity index (χ3n) is 2.80. The first kappa shape index (κ1) is 12.7. The molecule has 2 rings (SSSR count). The molecule has 0 aliphatic rings. The van der Waals surface area contributed by atoms with Gasteiger partial charge in [0.05, 0.1) is 5.38 Å². The van der Waals surface area contributed by atoms with Gasteiger partial charge in [-0.15, -0.1) is 11.6 Å². The van der Waals surface area contributed by atoms with Crippen molar-refractivity contribution < 1.29 is 0 Å².